The number of anilines is 2. The summed E-state index contributed by atoms with van der Waals surface area (Å²) in [6.45, 7) is 3.18. The highest BCUT2D eigenvalue weighted by Crippen LogP contribution is 2.28. The third-order valence-corrected chi connectivity index (χ3v) is 7.07. The second-order valence-corrected chi connectivity index (χ2v) is 9.67. The van der Waals surface area contributed by atoms with E-state index in [0.717, 1.165) is 21.7 Å². The third kappa shape index (κ3) is 5.17. The van der Waals surface area contributed by atoms with Crippen molar-refractivity contribution >= 4 is 38.6 Å². The molecule has 6 nitrogen and oxygen atoms in total. The highest BCUT2D eigenvalue weighted by Gasteiger charge is 2.29. The maximum Gasteiger partial charge on any atom is 0.274 e. The van der Waals surface area contributed by atoms with Crippen LogP contribution in [0.3, 0.4) is 0 Å². The number of nitrogens with one attached hydrogen (secondary N) is 1. The van der Waals surface area contributed by atoms with Crippen LogP contribution in [0.2, 0.25) is 0 Å². The number of nitrogens with zero attached hydrogens (tertiary/aromatic N) is 1. The molecule has 0 aliphatic carbocycles. The van der Waals surface area contributed by atoms with Gasteiger partial charge in [0.05, 0.1) is 11.8 Å². The van der Waals surface area contributed by atoms with E-state index in [1.807, 2.05) is 13.8 Å². The lowest BCUT2D eigenvalue weighted by Gasteiger charge is -2.23. The first kappa shape index (κ1) is 21.8. The van der Waals surface area contributed by atoms with Gasteiger partial charge < -0.3 is 10.1 Å². The monoisotopic (exact) mass is 448 g/mol. The van der Waals surface area contributed by atoms with E-state index in [1.165, 1.54) is 24.3 Å². The van der Waals surface area contributed by atoms with E-state index < -0.39 is 28.3 Å². The Morgan fingerprint density at radius 1 is 1.13 bits per heavy atom. The molecule has 0 spiro atoms. The van der Waals surface area contributed by atoms with Crippen molar-refractivity contribution in [2.75, 3.05) is 16.2 Å². The first-order valence-corrected chi connectivity index (χ1v) is 11.5. The number of thiophene rings is 1. The van der Waals surface area contributed by atoms with E-state index in [0.29, 0.717) is 11.4 Å². The molecule has 158 valence electrons. The molecule has 9 heteroatoms. The van der Waals surface area contributed by atoms with Crippen LogP contribution < -0.4 is 14.4 Å². The third-order valence-electron chi connectivity index (χ3n) is 3.94. The Morgan fingerprint density at radius 3 is 2.57 bits per heavy atom. The van der Waals surface area contributed by atoms with Crippen molar-refractivity contribution in [3.05, 3.63) is 71.9 Å². The van der Waals surface area contributed by atoms with Gasteiger partial charge in [-0.3, -0.25) is 9.10 Å². The number of hydrogen-bond acceptors (Lipinski definition) is 5. The molecule has 1 N–H and O–H groups in total. The Kier molecular flexibility index (Phi) is 6.73. The Hall–Kier alpha value is -2.91. The molecule has 0 unspecified atom stereocenters. The number of para-hydroxylation sites is 1. The van der Waals surface area contributed by atoms with Crippen LogP contribution >= 0.6 is 11.3 Å². The zero-order chi connectivity index (χ0) is 21.7. The lowest BCUT2D eigenvalue weighted by molar-refractivity contribution is -0.114. The number of rotatable bonds is 8. The Balaban J connectivity index is 1.87. The predicted molar refractivity (Wildman–Crippen MR) is 116 cm³/mol. The Bertz CT molecular complexity index is 1120. The smallest absolute Gasteiger partial charge is 0.274 e. The van der Waals surface area contributed by atoms with Gasteiger partial charge in [0.2, 0.25) is 5.91 Å². The van der Waals surface area contributed by atoms with E-state index >= 15 is 0 Å². The second kappa shape index (κ2) is 9.27. The summed E-state index contributed by atoms with van der Waals surface area (Å²) in [5, 5.41) is 4.25. The van der Waals surface area contributed by atoms with Crippen molar-refractivity contribution in [1.29, 1.82) is 0 Å². The average Bonchev–Trinajstić information content (AvgIpc) is 3.22. The molecule has 0 bridgehead atoms. The molecule has 0 saturated heterocycles. The summed E-state index contributed by atoms with van der Waals surface area (Å²) in [6.07, 6.45) is -0.0385. The van der Waals surface area contributed by atoms with Crippen molar-refractivity contribution in [1.82, 2.24) is 0 Å². The number of sulfonamides is 1. The summed E-state index contributed by atoms with van der Waals surface area (Å²) >= 11 is 0.997. The van der Waals surface area contributed by atoms with Crippen LogP contribution in [0.5, 0.6) is 5.75 Å². The minimum Gasteiger partial charge on any atom is -0.491 e. The van der Waals surface area contributed by atoms with E-state index in [1.54, 1.807) is 35.7 Å². The van der Waals surface area contributed by atoms with Crippen molar-refractivity contribution in [2.24, 2.45) is 0 Å². The molecular formula is C21H21FN2O4S2. The second-order valence-electron chi connectivity index (χ2n) is 6.64. The summed E-state index contributed by atoms with van der Waals surface area (Å²) < 4.78 is 47.0. The molecule has 0 atom stereocenters. The van der Waals surface area contributed by atoms with Gasteiger partial charge in [0.25, 0.3) is 10.0 Å². The predicted octanol–water partition coefficient (Wildman–Crippen LogP) is 4.51. The maximum atomic E-state index is 14.4. The zero-order valence-corrected chi connectivity index (χ0v) is 18.0. The van der Waals surface area contributed by atoms with Crippen molar-refractivity contribution < 1.29 is 22.3 Å². The van der Waals surface area contributed by atoms with Gasteiger partial charge in [0.1, 0.15) is 22.3 Å². The van der Waals surface area contributed by atoms with Gasteiger partial charge in [0.15, 0.2) is 0 Å². The van der Waals surface area contributed by atoms with Crippen molar-refractivity contribution in [3.63, 3.8) is 0 Å². The number of amides is 1. The number of ether oxygens (including phenoxy) is 1. The molecule has 0 aliphatic rings. The molecule has 0 saturated carbocycles. The molecule has 0 fully saturated rings. The van der Waals surface area contributed by atoms with E-state index in [-0.39, 0.29) is 16.0 Å². The zero-order valence-electron chi connectivity index (χ0n) is 16.4. The molecule has 1 aromatic heterocycles. The Morgan fingerprint density at radius 2 is 1.90 bits per heavy atom. The molecule has 0 aliphatic heterocycles. The van der Waals surface area contributed by atoms with Crippen LogP contribution in [0.1, 0.15) is 13.8 Å². The largest absolute Gasteiger partial charge is 0.491 e. The number of benzene rings is 2. The van der Waals surface area contributed by atoms with Crippen molar-refractivity contribution in [2.45, 2.75) is 24.2 Å². The summed E-state index contributed by atoms with van der Waals surface area (Å²) in [7, 11) is -4.12. The van der Waals surface area contributed by atoms with Crippen LogP contribution in [0.15, 0.2) is 70.3 Å². The fraction of sp³-hybridized carbons (Fsp3) is 0.190. The molecule has 1 heterocycles. The molecule has 30 heavy (non-hydrogen) atoms. The minimum atomic E-state index is -4.12. The normalized spacial score (nSPS) is 11.3. The molecule has 2 aromatic carbocycles. The molecule has 0 radical (unpaired) electrons. The maximum absolute atomic E-state index is 14.4. The topological polar surface area (TPSA) is 75.7 Å². The highest BCUT2D eigenvalue weighted by molar-refractivity contribution is 7.94. The summed E-state index contributed by atoms with van der Waals surface area (Å²) in [5.74, 6) is -0.780. The van der Waals surface area contributed by atoms with Crippen LogP contribution in [0, 0.1) is 5.82 Å². The number of halogens is 1. The number of carbonyl (C=O) groups excluding carboxylic acids is 1. The van der Waals surface area contributed by atoms with Crippen LogP contribution in [-0.2, 0) is 14.8 Å². The van der Waals surface area contributed by atoms with Gasteiger partial charge in [0, 0.05) is 11.8 Å². The van der Waals surface area contributed by atoms with Gasteiger partial charge in [-0.15, -0.1) is 11.3 Å². The lowest BCUT2D eigenvalue weighted by Crippen LogP contribution is -2.38. The van der Waals surface area contributed by atoms with Crippen LogP contribution in [-0.4, -0.2) is 27.0 Å². The number of carbonyl (C=O) groups is 1. The fourth-order valence-corrected chi connectivity index (χ4v) is 5.26. The number of hydrogen-bond donors (Lipinski definition) is 1. The van der Waals surface area contributed by atoms with Crippen molar-refractivity contribution in [3.8, 4) is 5.75 Å². The van der Waals surface area contributed by atoms with Gasteiger partial charge in [-0.05, 0) is 49.6 Å². The van der Waals surface area contributed by atoms with Crippen LogP contribution in [0.25, 0.3) is 0 Å². The summed E-state index contributed by atoms with van der Waals surface area (Å²) in [5.41, 5.74) is 0.248. The van der Waals surface area contributed by atoms with E-state index in [2.05, 4.69) is 5.32 Å². The lowest BCUT2D eigenvalue weighted by atomic mass is 10.3. The van der Waals surface area contributed by atoms with Gasteiger partial charge in [-0.2, -0.15) is 0 Å². The highest BCUT2D eigenvalue weighted by atomic mass is 32.2. The van der Waals surface area contributed by atoms with Crippen LogP contribution in [0.4, 0.5) is 15.8 Å². The SMILES string of the molecule is CC(C)Oc1cccc(NC(=O)CN(c2ccccc2F)S(=O)(=O)c2cccs2)c1. The molecular weight excluding hydrogens is 427 g/mol. The Labute approximate surface area is 179 Å². The van der Waals surface area contributed by atoms with Gasteiger partial charge >= 0.3 is 0 Å². The average molecular weight is 449 g/mol. The summed E-state index contributed by atoms with van der Waals surface area (Å²) in [4.78, 5) is 12.7. The quantitative estimate of drug-likeness (QED) is 0.550. The van der Waals surface area contributed by atoms with Gasteiger partial charge in [-0.1, -0.05) is 24.3 Å². The first-order chi connectivity index (χ1) is 14.3. The first-order valence-electron chi connectivity index (χ1n) is 9.14. The van der Waals surface area contributed by atoms with Gasteiger partial charge in [-0.25, -0.2) is 12.8 Å². The molecule has 3 rings (SSSR count). The minimum absolute atomic E-state index is 0.0193. The summed E-state index contributed by atoms with van der Waals surface area (Å²) in [6, 6.07) is 15.2. The van der Waals surface area contributed by atoms with E-state index in [4.69, 9.17) is 4.74 Å². The standard InChI is InChI=1S/C21H21FN2O4S2/c1-15(2)28-17-8-5-7-16(13-17)23-20(25)14-24(19-10-4-3-9-18(19)22)30(26,27)21-11-6-12-29-21/h3-13,15H,14H2,1-2H3,(H,23,25). The van der Waals surface area contributed by atoms with E-state index in [9.17, 15) is 17.6 Å². The molecule has 1 amide bonds. The fourth-order valence-electron chi connectivity index (χ4n) is 2.72. The molecule has 3 aromatic rings.